The lowest BCUT2D eigenvalue weighted by Gasteiger charge is -2.30. The summed E-state index contributed by atoms with van der Waals surface area (Å²) in [6.45, 7) is 4.62. The number of sulfonamides is 1. The lowest BCUT2D eigenvalue weighted by Crippen LogP contribution is -2.43. The summed E-state index contributed by atoms with van der Waals surface area (Å²) >= 11 is 1.58. The summed E-state index contributed by atoms with van der Waals surface area (Å²) in [7, 11) is -3.49. The van der Waals surface area contributed by atoms with Gasteiger partial charge in [-0.2, -0.15) is 4.31 Å². The second-order valence-corrected chi connectivity index (χ2v) is 9.01. The third-order valence-corrected chi connectivity index (χ3v) is 7.15. The lowest BCUT2D eigenvalue weighted by molar-refractivity contribution is -0.126. The number of amides is 1. The normalized spacial score (nSPS) is 16.5. The number of hydrogen-bond acceptors (Lipinski definition) is 5. The molecule has 1 saturated heterocycles. The summed E-state index contributed by atoms with van der Waals surface area (Å²) in [4.78, 5) is 13.6. The van der Waals surface area contributed by atoms with Gasteiger partial charge in [-0.25, -0.2) is 8.42 Å². The quantitative estimate of drug-likeness (QED) is 0.509. The Balaban J connectivity index is 1.83. The molecular weight excluding hydrogens is 372 g/mol. The number of rotatable bonds is 9. The van der Waals surface area contributed by atoms with Crippen LogP contribution < -0.4 is 5.32 Å². The van der Waals surface area contributed by atoms with Gasteiger partial charge in [-0.1, -0.05) is 0 Å². The molecule has 0 atom stereocenters. The third kappa shape index (κ3) is 5.70. The molecule has 0 saturated carbocycles. The topological polar surface area (TPSA) is 75.7 Å². The van der Waals surface area contributed by atoms with Crippen molar-refractivity contribution in [2.75, 3.05) is 39.1 Å². The highest BCUT2D eigenvalue weighted by Gasteiger charge is 2.31. The van der Waals surface area contributed by atoms with Gasteiger partial charge in [0.25, 0.3) is 0 Å². The van der Waals surface area contributed by atoms with E-state index < -0.39 is 10.0 Å². The molecule has 26 heavy (non-hydrogen) atoms. The Morgan fingerprint density at radius 2 is 1.92 bits per heavy atom. The minimum Gasteiger partial charge on any atom is -0.382 e. The average Bonchev–Trinajstić information content (AvgIpc) is 2.67. The van der Waals surface area contributed by atoms with Gasteiger partial charge >= 0.3 is 0 Å². The number of benzene rings is 1. The Labute approximate surface area is 160 Å². The zero-order valence-electron chi connectivity index (χ0n) is 15.4. The number of carbonyl (C=O) groups is 1. The van der Waals surface area contributed by atoms with Crippen molar-refractivity contribution in [2.45, 2.75) is 36.0 Å². The van der Waals surface area contributed by atoms with Crippen molar-refractivity contribution in [2.24, 2.45) is 5.92 Å². The van der Waals surface area contributed by atoms with Crippen LogP contribution in [0.5, 0.6) is 0 Å². The Morgan fingerprint density at radius 1 is 1.27 bits per heavy atom. The van der Waals surface area contributed by atoms with Gasteiger partial charge < -0.3 is 10.1 Å². The second-order valence-electron chi connectivity index (χ2n) is 6.20. The van der Waals surface area contributed by atoms with Crippen molar-refractivity contribution >= 4 is 27.7 Å². The monoisotopic (exact) mass is 400 g/mol. The van der Waals surface area contributed by atoms with Crippen LogP contribution in [0.25, 0.3) is 0 Å². The molecule has 2 rings (SSSR count). The van der Waals surface area contributed by atoms with Gasteiger partial charge in [0.1, 0.15) is 0 Å². The van der Waals surface area contributed by atoms with E-state index in [1.807, 2.05) is 25.3 Å². The lowest BCUT2D eigenvalue weighted by atomic mass is 9.97. The van der Waals surface area contributed by atoms with E-state index in [1.165, 1.54) is 4.31 Å². The first-order valence-electron chi connectivity index (χ1n) is 8.98. The average molecular weight is 401 g/mol. The molecule has 1 heterocycles. The molecular formula is C18H28N2O4S2. The van der Waals surface area contributed by atoms with Crippen LogP contribution in [0.4, 0.5) is 0 Å². The van der Waals surface area contributed by atoms with Crippen LogP contribution in [0.3, 0.4) is 0 Å². The Hall–Kier alpha value is -1.09. The maximum atomic E-state index is 12.7. The Morgan fingerprint density at radius 3 is 2.50 bits per heavy atom. The SMILES string of the molecule is CCOCCCNC(=O)C1CCN(S(=O)(=O)c2ccc(SC)cc2)CC1. The highest BCUT2D eigenvalue weighted by molar-refractivity contribution is 7.98. The Bertz CT molecular complexity index is 669. The molecule has 1 N–H and O–H groups in total. The zero-order chi connectivity index (χ0) is 19.0. The number of thioether (sulfide) groups is 1. The molecule has 0 aliphatic carbocycles. The van der Waals surface area contributed by atoms with Crippen LogP contribution in [0.1, 0.15) is 26.2 Å². The summed E-state index contributed by atoms with van der Waals surface area (Å²) in [6, 6.07) is 6.94. The zero-order valence-corrected chi connectivity index (χ0v) is 17.1. The van der Waals surface area contributed by atoms with E-state index in [0.29, 0.717) is 50.6 Å². The molecule has 0 aromatic heterocycles. The van der Waals surface area contributed by atoms with Crippen LogP contribution in [0, 0.1) is 5.92 Å². The highest BCUT2D eigenvalue weighted by atomic mass is 32.2. The largest absolute Gasteiger partial charge is 0.382 e. The van der Waals surface area contributed by atoms with Crippen LogP contribution in [0.15, 0.2) is 34.1 Å². The predicted octanol–water partition coefficient (Wildman–Crippen LogP) is 2.35. The van der Waals surface area contributed by atoms with Crippen LogP contribution in [-0.4, -0.2) is 57.7 Å². The van der Waals surface area contributed by atoms with E-state index in [2.05, 4.69) is 5.32 Å². The second kappa shape index (κ2) is 10.3. The van der Waals surface area contributed by atoms with Crippen molar-refractivity contribution in [3.8, 4) is 0 Å². The molecule has 8 heteroatoms. The maximum absolute atomic E-state index is 12.7. The van der Waals surface area contributed by atoms with E-state index in [4.69, 9.17) is 4.74 Å². The maximum Gasteiger partial charge on any atom is 0.243 e. The first-order valence-corrected chi connectivity index (χ1v) is 11.6. The standard InChI is InChI=1S/C18H28N2O4S2/c1-3-24-14-4-11-19-18(21)15-9-12-20(13-10-15)26(22,23)17-7-5-16(25-2)6-8-17/h5-8,15H,3-4,9-14H2,1-2H3,(H,19,21). The van der Waals surface area contributed by atoms with Gasteiger partial charge in [0.2, 0.25) is 15.9 Å². The minimum atomic E-state index is -3.49. The van der Waals surface area contributed by atoms with Gasteiger partial charge in [0.15, 0.2) is 0 Å². The summed E-state index contributed by atoms with van der Waals surface area (Å²) in [5.41, 5.74) is 0. The molecule has 0 unspecified atom stereocenters. The molecule has 1 amide bonds. The van der Waals surface area contributed by atoms with Gasteiger partial charge in [-0.15, -0.1) is 11.8 Å². The summed E-state index contributed by atoms with van der Waals surface area (Å²) < 4.78 is 32.2. The van der Waals surface area contributed by atoms with E-state index in [0.717, 1.165) is 11.3 Å². The minimum absolute atomic E-state index is 0.0165. The van der Waals surface area contributed by atoms with Crippen LogP contribution in [0.2, 0.25) is 0 Å². The van der Waals surface area contributed by atoms with Gasteiger partial charge in [-0.05, 0) is 56.7 Å². The van der Waals surface area contributed by atoms with E-state index in [1.54, 1.807) is 23.9 Å². The molecule has 1 aliphatic rings. The molecule has 6 nitrogen and oxygen atoms in total. The fourth-order valence-electron chi connectivity index (χ4n) is 2.93. The van der Waals surface area contributed by atoms with Crippen molar-refractivity contribution in [1.82, 2.24) is 9.62 Å². The third-order valence-electron chi connectivity index (χ3n) is 4.49. The number of nitrogens with one attached hydrogen (secondary N) is 1. The molecule has 0 bridgehead atoms. The number of hydrogen-bond donors (Lipinski definition) is 1. The molecule has 1 aromatic carbocycles. The molecule has 1 aromatic rings. The van der Waals surface area contributed by atoms with Crippen molar-refractivity contribution in [1.29, 1.82) is 0 Å². The fourth-order valence-corrected chi connectivity index (χ4v) is 4.81. The van der Waals surface area contributed by atoms with Crippen LogP contribution >= 0.6 is 11.8 Å². The van der Waals surface area contributed by atoms with Gasteiger partial charge in [0, 0.05) is 43.7 Å². The highest BCUT2D eigenvalue weighted by Crippen LogP contribution is 2.25. The summed E-state index contributed by atoms with van der Waals surface area (Å²) in [5, 5.41) is 2.92. The molecule has 1 aliphatic heterocycles. The number of ether oxygens (including phenoxy) is 1. The molecule has 1 fully saturated rings. The fraction of sp³-hybridized carbons (Fsp3) is 0.611. The van der Waals surface area contributed by atoms with Crippen molar-refractivity contribution < 1.29 is 17.9 Å². The first kappa shape index (κ1) is 21.2. The van der Waals surface area contributed by atoms with Gasteiger partial charge in [-0.3, -0.25) is 4.79 Å². The number of carbonyl (C=O) groups excluding carboxylic acids is 1. The van der Waals surface area contributed by atoms with Crippen molar-refractivity contribution in [3.05, 3.63) is 24.3 Å². The number of piperidine rings is 1. The molecule has 146 valence electrons. The Kier molecular flexibility index (Phi) is 8.40. The van der Waals surface area contributed by atoms with Crippen LogP contribution in [-0.2, 0) is 19.6 Å². The smallest absolute Gasteiger partial charge is 0.243 e. The van der Waals surface area contributed by atoms with Crippen molar-refractivity contribution in [3.63, 3.8) is 0 Å². The predicted molar refractivity (Wildman–Crippen MR) is 104 cm³/mol. The van der Waals surface area contributed by atoms with E-state index in [-0.39, 0.29) is 11.8 Å². The summed E-state index contributed by atoms with van der Waals surface area (Å²) in [6.07, 6.45) is 3.86. The van der Waals surface area contributed by atoms with E-state index in [9.17, 15) is 13.2 Å². The summed E-state index contributed by atoms with van der Waals surface area (Å²) in [5.74, 6) is -0.102. The molecule has 0 spiro atoms. The molecule has 0 radical (unpaired) electrons. The first-order chi connectivity index (χ1) is 12.5. The number of nitrogens with zero attached hydrogens (tertiary/aromatic N) is 1. The van der Waals surface area contributed by atoms with Gasteiger partial charge in [0.05, 0.1) is 4.90 Å². The van der Waals surface area contributed by atoms with E-state index >= 15 is 0 Å².